The van der Waals surface area contributed by atoms with Crippen LogP contribution >= 0.6 is 0 Å². The predicted octanol–water partition coefficient (Wildman–Crippen LogP) is 8.75. The lowest BCUT2D eigenvalue weighted by atomic mass is 10.0. The Hall–Kier alpha value is -0.850. The zero-order valence-electron chi connectivity index (χ0n) is 19.6. The van der Waals surface area contributed by atoms with Gasteiger partial charge in [-0.25, -0.2) is 4.57 Å². The molecule has 0 atom stereocenters. The monoisotopic (exact) mass is 388 g/mol. The number of rotatable bonds is 19. The van der Waals surface area contributed by atoms with Crippen LogP contribution in [0.5, 0.6) is 0 Å². The summed E-state index contributed by atoms with van der Waals surface area (Å²) in [6, 6.07) is 7.20. The molecule has 0 unspecified atom stereocenters. The van der Waals surface area contributed by atoms with Gasteiger partial charge in [0.25, 0.3) is 0 Å². The van der Waals surface area contributed by atoms with Crippen molar-refractivity contribution >= 4 is 0 Å². The maximum absolute atomic E-state index is 2.42. The van der Waals surface area contributed by atoms with Gasteiger partial charge in [0, 0.05) is 18.6 Å². The molecule has 0 aliphatic rings. The van der Waals surface area contributed by atoms with Crippen molar-refractivity contribution in [2.75, 3.05) is 0 Å². The highest BCUT2D eigenvalue weighted by Crippen LogP contribution is 2.14. The zero-order valence-corrected chi connectivity index (χ0v) is 19.6. The molecule has 0 aliphatic carbocycles. The summed E-state index contributed by atoms with van der Waals surface area (Å²) in [5.74, 6) is 0. The molecule has 0 spiro atoms. The number of pyridine rings is 1. The number of unbranched alkanes of at least 4 members (excludes halogenated alkanes) is 16. The van der Waals surface area contributed by atoms with Crippen LogP contribution in [-0.2, 0) is 6.42 Å². The molecule has 1 rings (SSSR count). The van der Waals surface area contributed by atoms with E-state index >= 15 is 0 Å². The fraction of sp³-hybridized carbons (Fsp3) is 0.815. The number of hydrogen-bond acceptors (Lipinski definition) is 0. The van der Waals surface area contributed by atoms with E-state index in [2.05, 4.69) is 49.7 Å². The zero-order chi connectivity index (χ0) is 20.3. The van der Waals surface area contributed by atoms with Crippen LogP contribution in [0.25, 0.3) is 0 Å². The van der Waals surface area contributed by atoms with E-state index in [1.165, 1.54) is 121 Å². The lowest BCUT2D eigenvalue weighted by Crippen LogP contribution is -2.40. The van der Waals surface area contributed by atoms with Gasteiger partial charge in [0.05, 0.1) is 0 Å². The number of hydrogen-bond donors (Lipinski definition) is 0. The van der Waals surface area contributed by atoms with Gasteiger partial charge in [-0.05, 0) is 20.3 Å². The van der Waals surface area contributed by atoms with Crippen molar-refractivity contribution in [3.8, 4) is 0 Å². The van der Waals surface area contributed by atoms with Gasteiger partial charge in [-0.2, -0.15) is 0 Å². The SMILES string of the molecule is CCCCCCCCCCCCCCCCCCCc1cccc[n+]1C(C)C. The van der Waals surface area contributed by atoms with Crippen molar-refractivity contribution in [3.63, 3.8) is 0 Å². The Morgan fingerprint density at radius 2 is 1.04 bits per heavy atom. The van der Waals surface area contributed by atoms with Crippen molar-refractivity contribution in [3.05, 3.63) is 30.1 Å². The molecule has 0 bridgehead atoms. The van der Waals surface area contributed by atoms with E-state index in [9.17, 15) is 0 Å². The van der Waals surface area contributed by atoms with Gasteiger partial charge in [0.1, 0.15) is 0 Å². The fourth-order valence-corrected chi connectivity index (χ4v) is 4.24. The van der Waals surface area contributed by atoms with Gasteiger partial charge in [-0.3, -0.25) is 0 Å². The molecule has 1 nitrogen and oxygen atoms in total. The second kappa shape index (κ2) is 18.2. The molecule has 0 fully saturated rings. The van der Waals surface area contributed by atoms with E-state index in [1.807, 2.05) is 0 Å². The molecular weight excluding hydrogens is 338 g/mol. The maximum atomic E-state index is 2.42. The molecule has 1 heterocycles. The Labute approximate surface area is 177 Å². The predicted molar refractivity (Wildman–Crippen MR) is 125 cm³/mol. The first-order chi connectivity index (χ1) is 13.8. The molecule has 1 heteroatoms. The Balaban J connectivity index is 1.83. The van der Waals surface area contributed by atoms with Crippen LogP contribution in [0.3, 0.4) is 0 Å². The average molecular weight is 389 g/mol. The topological polar surface area (TPSA) is 3.88 Å². The minimum atomic E-state index is 0.571. The molecule has 0 N–H and O–H groups in total. The highest BCUT2D eigenvalue weighted by atomic mass is 15.0. The smallest absolute Gasteiger partial charge is 0.181 e. The summed E-state index contributed by atoms with van der Waals surface area (Å²) in [6.45, 7) is 6.85. The fourth-order valence-electron chi connectivity index (χ4n) is 4.24. The largest absolute Gasteiger partial charge is 0.200 e. The summed E-state index contributed by atoms with van der Waals surface area (Å²) in [7, 11) is 0. The van der Waals surface area contributed by atoms with E-state index in [0.717, 1.165) is 0 Å². The molecule has 1 aromatic rings. The molecule has 0 radical (unpaired) electrons. The standard InChI is InChI=1S/C27H50N/c1-4-5-6-7-8-9-10-11-12-13-14-15-16-17-18-19-20-23-27-24-21-22-25-28(27)26(2)3/h21-22,24-26H,4-20,23H2,1-3H3/q+1. The quantitative estimate of drug-likeness (QED) is 0.165. The first-order valence-corrected chi connectivity index (χ1v) is 12.7. The second-order valence-corrected chi connectivity index (χ2v) is 9.10. The minimum Gasteiger partial charge on any atom is -0.200 e. The third-order valence-corrected chi connectivity index (χ3v) is 6.07. The summed E-state index contributed by atoms with van der Waals surface area (Å²) in [5.41, 5.74) is 1.50. The molecule has 28 heavy (non-hydrogen) atoms. The Morgan fingerprint density at radius 3 is 1.46 bits per heavy atom. The van der Waals surface area contributed by atoms with Crippen molar-refractivity contribution in [2.45, 2.75) is 142 Å². The van der Waals surface area contributed by atoms with Crippen molar-refractivity contribution < 1.29 is 4.57 Å². The van der Waals surface area contributed by atoms with Crippen LogP contribution in [0.4, 0.5) is 0 Å². The lowest BCUT2D eigenvalue weighted by molar-refractivity contribution is -0.723. The van der Waals surface area contributed by atoms with Crippen LogP contribution in [0.2, 0.25) is 0 Å². The molecule has 0 aliphatic heterocycles. The highest BCUT2D eigenvalue weighted by molar-refractivity contribution is 4.97. The van der Waals surface area contributed by atoms with Crippen molar-refractivity contribution in [1.82, 2.24) is 0 Å². The summed E-state index contributed by atoms with van der Waals surface area (Å²) in [4.78, 5) is 0. The van der Waals surface area contributed by atoms with Gasteiger partial charge in [0.2, 0.25) is 0 Å². The van der Waals surface area contributed by atoms with Crippen LogP contribution in [0.1, 0.15) is 142 Å². The van der Waals surface area contributed by atoms with Gasteiger partial charge in [-0.15, -0.1) is 0 Å². The number of nitrogens with zero attached hydrogens (tertiary/aromatic N) is 1. The normalized spacial score (nSPS) is 11.4. The van der Waals surface area contributed by atoms with E-state index in [-0.39, 0.29) is 0 Å². The summed E-state index contributed by atoms with van der Waals surface area (Å²) in [5, 5.41) is 0. The molecule has 1 aromatic heterocycles. The van der Waals surface area contributed by atoms with Crippen LogP contribution < -0.4 is 4.57 Å². The summed E-state index contributed by atoms with van der Waals surface area (Å²) < 4.78 is 2.42. The number of aromatic nitrogens is 1. The van der Waals surface area contributed by atoms with Crippen LogP contribution in [-0.4, -0.2) is 0 Å². The van der Waals surface area contributed by atoms with Gasteiger partial charge >= 0.3 is 0 Å². The lowest BCUT2D eigenvalue weighted by Gasteiger charge is -2.07. The summed E-state index contributed by atoms with van der Waals surface area (Å²) in [6.07, 6.45) is 28.0. The van der Waals surface area contributed by atoms with E-state index in [4.69, 9.17) is 0 Å². The van der Waals surface area contributed by atoms with Gasteiger partial charge in [-0.1, -0.05) is 116 Å². The van der Waals surface area contributed by atoms with Crippen molar-refractivity contribution in [2.24, 2.45) is 0 Å². The second-order valence-electron chi connectivity index (χ2n) is 9.10. The molecule has 0 aromatic carbocycles. The molecular formula is C27H50N+. The Kier molecular flexibility index (Phi) is 16.4. The minimum absolute atomic E-state index is 0.571. The first-order valence-electron chi connectivity index (χ1n) is 12.7. The Bertz CT molecular complexity index is 451. The van der Waals surface area contributed by atoms with E-state index in [0.29, 0.717) is 6.04 Å². The molecule has 0 saturated carbocycles. The first kappa shape index (κ1) is 25.2. The summed E-state index contributed by atoms with van der Waals surface area (Å²) >= 11 is 0. The molecule has 0 amide bonds. The third-order valence-electron chi connectivity index (χ3n) is 6.07. The maximum Gasteiger partial charge on any atom is 0.181 e. The van der Waals surface area contributed by atoms with E-state index in [1.54, 1.807) is 0 Å². The van der Waals surface area contributed by atoms with Crippen LogP contribution in [0, 0.1) is 0 Å². The van der Waals surface area contributed by atoms with Crippen molar-refractivity contribution in [1.29, 1.82) is 0 Å². The third kappa shape index (κ3) is 13.3. The van der Waals surface area contributed by atoms with Crippen LogP contribution in [0.15, 0.2) is 24.4 Å². The molecule has 0 saturated heterocycles. The van der Waals surface area contributed by atoms with Gasteiger partial charge in [0.15, 0.2) is 17.9 Å². The van der Waals surface area contributed by atoms with E-state index < -0.39 is 0 Å². The Morgan fingerprint density at radius 1 is 0.607 bits per heavy atom. The number of aryl methyl sites for hydroxylation is 1. The molecule has 162 valence electrons. The van der Waals surface area contributed by atoms with Gasteiger partial charge < -0.3 is 0 Å². The highest BCUT2D eigenvalue weighted by Gasteiger charge is 2.12. The average Bonchev–Trinajstić information content (AvgIpc) is 2.70.